The highest BCUT2D eigenvalue weighted by atomic mass is 32.1. The normalized spacial score (nSPS) is 18.1. The van der Waals surface area contributed by atoms with Crippen molar-refractivity contribution in [2.24, 2.45) is 4.99 Å². The number of allylic oxidation sites excluding steroid dienone is 1. The van der Waals surface area contributed by atoms with Crippen molar-refractivity contribution in [1.29, 1.82) is 0 Å². The van der Waals surface area contributed by atoms with Crippen LogP contribution in [0.4, 0.5) is 5.69 Å². The minimum absolute atomic E-state index is 0.201. The fraction of sp³-hybridized carbons (Fsp3) is 0.259. The Morgan fingerprint density at radius 1 is 1.08 bits per heavy atom. The van der Waals surface area contributed by atoms with E-state index in [1.807, 2.05) is 43.3 Å². The number of amides is 1. The maximum absolute atomic E-state index is 14.0. The highest BCUT2D eigenvalue weighted by Gasteiger charge is 2.37. The van der Waals surface area contributed by atoms with E-state index in [9.17, 15) is 14.4 Å². The number of fused-ring (bicyclic) bond motifs is 2. The van der Waals surface area contributed by atoms with E-state index in [4.69, 9.17) is 9.47 Å². The highest BCUT2D eigenvalue weighted by molar-refractivity contribution is 7.07. The molecule has 0 bridgehead atoms. The fourth-order valence-electron chi connectivity index (χ4n) is 4.79. The van der Waals surface area contributed by atoms with Gasteiger partial charge in [-0.05, 0) is 37.1 Å². The minimum atomic E-state index is -0.757. The van der Waals surface area contributed by atoms with Gasteiger partial charge < -0.3 is 14.4 Å². The summed E-state index contributed by atoms with van der Waals surface area (Å²) in [7, 11) is 2.87. The second kappa shape index (κ2) is 9.23. The summed E-state index contributed by atoms with van der Waals surface area (Å²) >= 11 is 1.17. The van der Waals surface area contributed by atoms with Crippen molar-refractivity contribution < 1.29 is 19.1 Å². The average molecular weight is 504 g/mol. The number of rotatable bonds is 5. The summed E-state index contributed by atoms with van der Waals surface area (Å²) in [6.07, 6.45) is 0.785. The summed E-state index contributed by atoms with van der Waals surface area (Å²) in [6, 6.07) is 13.9. The lowest BCUT2D eigenvalue weighted by atomic mass is 9.96. The molecule has 0 fully saturated rings. The molecule has 5 rings (SSSR count). The van der Waals surface area contributed by atoms with E-state index >= 15 is 0 Å². The number of para-hydroxylation sites is 1. The van der Waals surface area contributed by atoms with Crippen LogP contribution in [-0.2, 0) is 14.3 Å². The molecule has 1 aromatic heterocycles. The third-order valence-corrected chi connectivity index (χ3v) is 7.48. The van der Waals surface area contributed by atoms with Gasteiger partial charge in [0.05, 0.1) is 42.8 Å². The largest absolute Gasteiger partial charge is 0.497 e. The van der Waals surface area contributed by atoms with Crippen LogP contribution in [-0.4, -0.2) is 37.2 Å². The van der Waals surface area contributed by atoms with E-state index < -0.39 is 12.0 Å². The van der Waals surface area contributed by atoms with Gasteiger partial charge in [-0.3, -0.25) is 14.2 Å². The zero-order valence-electron chi connectivity index (χ0n) is 20.4. The van der Waals surface area contributed by atoms with E-state index in [0.29, 0.717) is 38.5 Å². The zero-order valence-corrected chi connectivity index (χ0v) is 21.2. The Bertz CT molecular complexity index is 1600. The number of hydrogen-bond donors (Lipinski definition) is 0. The van der Waals surface area contributed by atoms with Crippen molar-refractivity contribution in [2.75, 3.05) is 25.7 Å². The van der Waals surface area contributed by atoms with Crippen LogP contribution in [0.2, 0.25) is 0 Å². The number of thiazole rings is 1. The first-order valence-corrected chi connectivity index (χ1v) is 12.4. The summed E-state index contributed by atoms with van der Waals surface area (Å²) < 4.78 is 12.1. The standard InChI is InChI=1S/C27H25N3O5S/c1-5-14-29-19-9-7-6-8-18(19)21(24(29)31)23-25(32)30-22(16-10-12-17(34-3)13-11-16)20(26(33)35-4)15(2)28-27(30)36-23/h6-13,22H,5,14H2,1-4H3. The maximum Gasteiger partial charge on any atom is 0.338 e. The van der Waals surface area contributed by atoms with Crippen molar-refractivity contribution in [3.63, 3.8) is 0 Å². The molecule has 0 radical (unpaired) electrons. The van der Waals surface area contributed by atoms with Crippen LogP contribution >= 0.6 is 11.3 Å². The summed E-state index contributed by atoms with van der Waals surface area (Å²) in [5.41, 5.74) is 2.97. The van der Waals surface area contributed by atoms with Crippen molar-refractivity contribution in [1.82, 2.24) is 4.57 Å². The van der Waals surface area contributed by atoms with Gasteiger partial charge in [-0.15, -0.1) is 0 Å². The monoisotopic (exact) mass is 503 g/mol. The Morgan fingerprint density at radius 3 is 2.47 bits per heavy atom. The van der Waals surface area contributed by atoms with Gasteiger partial charge in [-0.25, -0.2) is 9.79 Å². The molecule has 1 amide bonds. The number of hydrogen-bond acceptors (Lipinski definition) is 7. The van der Waals surface area contributed by atoms with Gasteiger partial charge in [-0.1, -0.05) is 48.6 Å². The Labute approximate surface area is 211 Å². The second-order valence-corrected chi connectivity index (χ2v) is 9.49. The van der Waals surface area contributed by atoms with Crippen LogP contribution in [0.25, 0.3) is 5.57 Å². The third kappa shape index (κ3) is 3.58. The maximum atomic E-state index is 14.0. The first-order valence-electron chi connectivity index (χ1n) is 11.6. The molecule has 36 heavy (non-hydrogen) atoms. The summed E-state index contributed by atoms with van der Waals surface area (Å²) in [6.45, 7) is 4.29. The van der Waals surface area contributed by atoms with E-state index in [1.54, 1.807) is 31.1 Å². The van der Waals surface area contributed by atoms with Crippen molar-refractivity contribution >= 4 is 34.5 Å². The minimum Gasteiger partial charge on any atom is -0.497 e. The number of carbonyl (C=O) groups excluding carboxylic acids is 2. The number of esters is 1. The number of ether oxygens (including phenoxy) is 2. The van der Waals surface area contributed by atoms with Crippen molar-refractivity contribution in [2.45, 2.75) is 26.3 Å². The molecule has 2 aliphatic heterocycles. The van der Waals surface area contributed by atoms with Gasteiger partial charge in [0.1, 0.15) is 10.3 Å². The predicted molar refractivity (Wildman–Crippen MR) is 137 cm³/mol. The first kappa shape index (κ1) is 23.7. The van der Waals surface area contributed by atoms with Gasteiger partial charge in [-0.2, -0.15) is 0 Å². The molecule has 0 saturated carbocycles. The molecule has 0 N–H and O–H groups in total. The van der Waals surface area contributed by atoms with Gasteiger partial charge in [0.2, 0.25) is 0 Å². The van der Waals surface area contributed by atoms with Crippen LogP contribution in [0, 0.1) is 0 Å². The molecule has 1 unspecified atom stereocenters. The zero-order chi connectivity index (χ0) is 25.6. The van der Waals surface area contributed by atoms with Crippen molar-refractivity contribution in [3.8, 4) is 5.75 Å². The molecule has 0 saturated heterocycles. The average Bonchev–Trinajstić information content (AvgIpc) is 3.35. The molecule has 3 aromatic rings. The molecule has 0 spiro atoms. The number of nitrogens with zero attached hydrogens (tertiary/aromatic N) is 3. The molecule has 0 aliphatic carbocycles. The van der Waals surface area contributed by atoms with Gasteiger partial charge >= 0.3 is 5.97 Å². The van der Waals surface area contributed by atoms with E-state index in [2.05, 4.69) is 4.99 Å². The Morgan fingerprint density at radius 2 is 1.81 bits per heavy atom. The summed E-state index contributed by atoms with van der Waals surface area (Å²) in [5, 5.41) is 0. The molecule has 184 valence electrons. The quantitative estimate of drug-likeness (QED) is 0.499. The molecular formula is C27H25N3O5S. The number of benzene rings is 2. The number of carbonyl (C=O) groups is 2. The van der Waals surface area contributed by atoms with Crippen molar-refractivity contribution in [3.05, 3.63) is 90.6 Å². The predicted octanol–water partition coefficient (Wildman–Crippen LogP) is 2.54. The summed E-state index contributed by atoms with van der Waals surface area (Å²) in [4.78, 5) is 47.1. The SMILES string of the molecule is CCCN1C(=O)C(=c2sc3n(c2=O)C(c2ccc(OC)cc2)C(C(=O)OC)=C(C)N=3)c2ccccc21. The smallest absolute Gasteiger partial charge is 0.338 e. The molecule has 2 aliphatic rings. The lowest BCUT2D eigenvalue weighted by Crippen LogP contribution is -2.40. The molecule has 8 nitrogen and oxygen atoms in total. The molecule has 9 heteroatoms. The topological polar surface area (TPSA) is 90.2 Å². The van der Waals surface area contributed by atoms with Gasteiger partial charge in [0, 0.05) is 12.1 Å². The number of anilines is 1. The molecule has 1 atom stereocenters. The van der Waals surface area contributed by atoms with E-state index in [1.165, 1.54) is 23.0 Å². The fourth-order valence-corrected chi connectivity index (χ4v) is 5.93. The van der Waals surface area contributed by atoms with E-state index in [0.717, 1.165) is 17.7 Å². The Balaban J connectivity index is 1.81. The number of aromatic nitrogens is 1. The Hall–Kier alpha value is -3.98. The van der Waals surface area contributed by atoms with Crippen LogP contribution in [0.3, 0.4) is 0 Å². The number of methoxy groups -OCH3 is 2. The van der Waals surface area contributed by atoms with Crippen LogP contribution in [0.1, 0.15) is 37.4 Å². The summed E-state index contributed by atoms with van der Waals surface area (Å²) in [5.74, 6) is -0.113. The van der Waals surface area contributed by atoms with Gasteiger partial charge in [0.25, 0.3) is 11.5 Å². The highest BCUT2D eigenvalue weighted by Crippen LogP contribution is 2.36. The first-order chi connectivity index (χ1) is 17.4. The van der Waals surface area contributed by atoms with Crippen LogP contribution < -0.4 is 24.5 Å². The molecule has 3 heterocycles. The molecular weight excluding hydrogens is 478 g/mol. The lowest BCUT2D eigenvalue weighted by Gasteiger charge is -2.24. The van der Waals surface area contributed by atoms with E-state index in [-0.39, 0.29) is 17.0 Å². The second-order valence-electron chi connectivity index (χ2n) is 8.52. The molecule has 2 aromatic carbocycles. The van der Waals surface area contributed by atoms with Gasteiger partial charge in [0.15, 0.2) is 4.80 Å². The third-order valence-electron chi connectivity index (χ3n) is 6.43. The Kier molecular flexibility index (Phi) is 6.09. The lowest BCUT2D eigenvalue weighted by molar-refractivity contribution is -0.136. The van der Waals surface area contributed by atoms with Crippen LogP contribution in [0.5, 0.6) is 5.75 Å². The van der Waals surface area contributed by atoms with Crippen LogP contribution in [0.15, 0.2) is 69.6 Å².